The molecule has 1 aromatic carbocycles. The van der Waals surface area contributed by atoms with Crippen molar-refractivity contribution in [2.75, 3.05) is 42.5 Å². The monoisotopic (exact) mass is 393 g/mol. The minimum atomic E-state index is 0.150. The Morgan fingerprint density at radius 1 is 1.00 bits per heavy atom. The van der Waals surface area contributed by atoms with Gasteiger partial charge in [-0.1, -0.05) is 37.3 Å². The first-order chi connectivity index (χ1) is 14.2. The van der Waals surface area contributed by atoms with Gasteiger partial charge in [0, 0.05) is 57.3 Å². The van der Waals surface area contributed by atoms with E-state index >= 15 is 0 Å². The molecule has 29 heavy (non-hydrogen) atoms. The van der Waals surface area contributed by atoms with Crippen LogP contribution in [0.1, 0.15) is 39.5 Å². The molecule has 1 unspecified atom stereocenters. The third kappa shape index (κ3) is 4.36. The molecule has 4 rings (SSSR count). The zero-order valence-electron chi connectivity index (χ0n) is 17.5. The molecule has 2 fully saturated rings. The molecule has 0 saturated carbocycles. The van der Waals surface area contributed by atoms with Crippen molar-refractivity contribution in [1.29, 1.82) is 0 Å². The lowest BCUT2D eigenvalue weighted by molar-refractivity contribution is -0.129. The molecule has 154 valence electrons. The van der Waals surface area contributed by atoms with E-state index in [0.717, 1.165) is 62.2 Å². The van der Waals surface area contributed by atoms with E-state index in [1.165, 1.54) is 19.3 Å². The summed E-state index contributed by atoms with van der Waals surface area (Å²) in [6.07, 6.45) is 4.88. The van der Waals surface area contributed by atoms with Crippen LogP contribution in [0.25, 0.3) is 11.4 Å². The molecule has 2 aliphatic rings. The van der Waals surface area contributed by atoms with Crippen LogP contribution < -0.4 is 9.80 Å². The van der Waals surface area contributed by atoms with Crippen LogP contribution in [0.2, 0.25) is 0 Å². The Morgan fingerprint density at radius 3 is 2.41 bits per heavy atom. The van der Waals surface area contributed by atoms with Crippen molar-refractivity contribution < 1.29 is 4.79 Å². The van der Waals surface area contributed by atoms with Gasteiger partial charge in [0.25, 0.3) is 0 Å². The highest BCUT2D eigenvalue weighted by Crippen LogP contribution is 2.30. The van der Waals surface area contributed by atoms with Crippen LogP contribution in [0.3, 0.4) is 0 Å². The largest absolute Gasteiger partial charge is 0.353 e. The Labute approximate surface area is 173 Å². The Kier molecular flexibility index (Phi) is 5.97. The fraction of sp³-hybridized carbons (Fsp3) is 0.522. The van der Waals surface area contributed by atoms with E-state index < -0.39 is 0 Å². The Morgan fingerprint density at radius 2 is 1.72 bits per heavy atom. The summed E-state index contributed by atoms with van der Waals surface area (Å²) in [6, 6.07) is 12.9. The number of piperazine rings is 1. The molecule has 0 aliphatic carbocycles. The number of amides is 1. The Balaban J connectivity index is 1.68. The minimum absolute atomic E-state index is 0.150. The average Bonchev–Trinajstić information content (AvgIpc) is 2.79. The molecular formula is C23H31N5O. The molecule has 2 aliphatic heterocycles. The van der Waals surface area contributed by atoms with Gasteiger partial charge in [0.05, 0.1) is 0 Å². The molecule has 0 spiro atoms. The van der Waals surface area contributed by atoms with E-state index in [9.17, 15) is 4.79 Å². The van der Waals surface area contributed by atoms with Gasteiger partial charge in [-0.2, -0.15) is 0 Å². The second-order valence-corrected chi connectivity index (χ2v) is 8.02. The molecular weight excluding hydrogens is 362 g/mol. The number of hydrogen-bond donors (Lipinski definition) is 0. The molecule has 6 nitrogen and oxygen atoms in total. The topological polar surface area (TPSA) is 52.6 Å². The van der Waals surface area contributed by atoms with Crippen molar-refractivity contribution in [2.24, 2.45) is 0 Å². The highest BCUT2D eigenvalue weighted by molar-refractivity contribution is 5.73. The lowest BCUT2D eigenvalue weighted by Crippen LogP contribution is -2.48. The van der Waals surface area contributed by atoms with Crippen molar-refractivity contribution in [2.45, 2.75) is 45.6 Å². The molecule has 6 heteroatoms. The maximum Gasteiger partial charge on any atom is 0.219 e. The standard InChI is InChI=1S/C23H31N5O/c1-3-20-11-7-8-12-28(20)22-17-21(27-15-13-26(14-16-27)18(2)29)24-23(25-22)19-9-5-4-6-10-19/h4-6,9-10,17,20H,3,7-8,11-16H2,1-2H3. The highest BCUT2D eigenvalue weighted by Gasteiger charge is 2.25. The van der Waals surface area contributed by atoms with E-state index in [0.29, 0.717) is 6.04 Å². The maximum atomic E-state index is 11.7. The molecule has 1 aromatic heterocycles. The number of anilines is 2. The van der Waals surface area contributed by atoms with Crippen LogP contribution >= 0.6 is 0 Å². The molecule has 1 amide bonds. The van der Waals surface area contributed by atoms with Gasteiger partial charge >= 0.3 is 0 Å². The summed E-state index contributed by atoms with van der Waals surface area (Å²) < 4.78 is 0. The first kappa shape index (κ1) is 19.7. The lowest BCUT2D eigenvalue weighted by atomic mass is 10.00. The maximum absolute atomic E-state index is 11.7. The lowest BCUT2D eigenvalue weighted by Gasteiger charge is -2.38. The summed E-state index contributed by atoms with van der Waals surface area (Å²) in [4.78, 5) is 28.3. The van der Waals surface area contributed by atoms with Crippen LogP contribution in [0.5, 0.6) is 0 Å². The van der Waals surface area contributed by atoms with Crippen molar-refractivity contribution in [3.05, 3.63) is 36.4 Å². The SMILES string of the molecule is CCC1CCCCN1c1cc(N2CCN(C(C)=O)CC2)nc(-c2ccccc2)n1. The fourth-order valence-electron chi connectivity index (χ4n) is 4.42. The second-order valence-electron chi connectivity index (χ2n) is 8.02. The average molecular weight is 394 g/mol. The zero-order valence-corrected chi connectivity index (χ0v) is 17.5. The number of aromatic nitrogens is 2. The fourth-order valence-corrected chi connectivity index (χ4v) is 4.42. The number of piperidine rings is 1. The highest BCUT2D eigenvalue weighted by atomic mass is 16.2. The molecule has 0 N–H and O–H groups in total. The number of rotatable bonds is 4. The number of carbonyl (C=O) groups excluding carboxylic acids is 1. The van der Waals surface area contributed by atoms with E-state index in [-0.39, 0.29) is 5.91 Å². The summed E-state index contributed by atoms with van der Waals surface area (Å²) in [5.74, 6) is 2.94. The van der Waals surface area contributed by atoms with Gasteiger partial charge in [0.15, 0.2) is 5.82 Å². The number of carbonyl (C=O) groups is 1. The smallest absolute Gasteiger partial charge is 0.219 e. The quantitative estimate of drug-likeness (QED) is 0.795. The van der Waals surface area contributed by atoms with Gasteiger partial charge in [0.1, 0.15) is 11.6 Å². The minimum Gasteiger partial charge on any atom is -0.353 e. The van der Waals surface area contributed by atoms with E-state index in [1.807, 2.05) is 23.1 Å². The van der Waals surface area contributed by atoms with Crippen LogP contribution in [0, 0.1) is 0 Å². The van der Waals surface area contributed by atoms with Crippen molar-refractivity contribution >= 4 is 17.5 Å². The van der Waals surface area contributed by atoms with Gasteiger partial charge in [-0.3, -0.25) is 4.79 Å². The summed E-state index contributed by atoms with van der Waals surface area (Å²) >= 11 is 0. The van der Waals surface area contributed by atoms with E-state index in [4.69, 9.17) is 9.97 Å². The molecule has 3 heterocycles. The molecule has 2 saturated heterocycles. The van der Waals surface area contributed by atoms with Gasteiger partial charge in [-0.15, -0.1) is 0 Å². The predicted octanol–water partition coefficient (Wildman–Crippen LogP) is 3.58. The Hall–Kier alpha value is -2.63. The van der Waals surface area contributed by atoms with Gasteiger partial charge in [0.2, 0.25) is 5.91 Å². The summed E-state index contributed by atoms with van der Waals surface area (Å²) in [6.45, 7) is 8.08. The van der Waals surface area contributed by atoms with Crippen LogP contribution in [-0.2, 0) is 4.79 Å². The van der Waals surface area contributed by atoms with Crippen molar-refractivity contribution in [3.8, 4) is 11.4 Å². The predicted molar refractivity (Wildman–Crippen MR) is 117 cm³/mol. The number of nitrogens with zero attached hydrogens (tertiary/aromatic N) is 5. The van der Waals surface area contributed by atoms with Crippen LogP contribution in [0.15, 0.2) is 36.4 Å². The molecule has 2 aromatic rings. The van der Waals surface area contributed by atoms with Gasteiger partial charge in [-0.25, -0.2) is 9.97 Å². The normalized spacial score (nSPS) is 20.1. The van der Waals surface area contributed by atoms with Gasteiger partial charge in [-0.05, 0) is 25.7 Å². The summed E-state index contributed by atoms with van der Waals surface area (Å²) in [7, 11) is 0. The first-order valence-electron chi connectivity index (χ1n) is 10.9. The first-order valence-corrected chi connectivity index (χ1v) is 10.9. The third-order valence-corrected chi connectivity index (χ3v) is 6.17. The van der Waals surface area contributed by atoms with Gasteiger partial charge < -0.3 is 14.7 Å². The zero-order chi connectivity index (χ0) is 20.2. The Bertz CT molecular complexity index is 832. The molecule has 0 bridgehead atoms. The molecule has 1 atom stereocenters. The number of benzene rings is 1. The molecule has 0 radical (unpaired) electrons. The second kappa shape index (κ2) is 8.80. The van der Waals surface area contributed by atoms with Crippen LogP contribution in [0.4, 0.5) is 11.6 Å². The van der Waals surface area contributed by atoms with Crippen molar-refractivity contribution in [3.63, 3.8) is 0 Å². The summed E-state index contributed by atoms with van der Waals surface area (Å²) in [5.41, 5.74) is 1.04. The van der Waals surface area contributed by atoms with Crippen LogP contribution in [-0.4, -0.2) is 59.5 Å². The van der Waals surface area contributed by atoms with E-state index in [1.54, 1.807) is 6.92 Å². The van der Waals surface area contributed by atoms with E-state index in [2.05, 4.69) is 34.9 Å². The number of hydrogen-bond acceptors (Lipinski definition) is 5. The summed E-state index contributed by atoms with van der Waals surface area (Å²) in [5, 5.41) is 0. The van der Waals surface area contributed by atoms with Crippen molar-refractivity contribution in [1.82, 2.24) is 14.9 Å². The third-order valence-electron chi connectivity index (χ3n) is 6.17.